The van der Waals surface area contributed by atoms with E-state index in [2.05, 4.69) is 71.8 Å². The van der Waals surface area contributed by atoms with E-state index in [-0.39, 0.29) is 0 Å². The first-order chi connectivity index (χ1) is 12.1. The molecule has 0 fully saturated rings. The van der Waals surface area contributed by atoms with Crippen molar-refractivity contribution in [3.8, 4) is 0 Å². The number of hydrogen-bond donors (Lipinski definition) is 2. The predicted octanol–water partition coefficient (Wildman–Crippen LogP) is 3.13. The maximum atomic E-state index is 5.58. The van der Waals surface area contributed by atoms with Crippen LogP contribution >= 0.6 is 0 Å². The number of para-hydroxylation sites is 1. The molecular formula is C20H36N4O. The van der Waals surface area contributed by atoms with Crippen molar-refractivity contribution < 1.29 is 4.74 Å². The fourth-order valence-corrected chi connectivity index (χ4v) is 2.41. The summed E-state index contributed by atoms with van der Waals surface area (Å²) in [5.41, 5.74) is 1.27. The Bertz CT molecular complexity index is 462. The molecule has 0 amide bonds. The second kappa shape index (κ2) is 13.5. The Kier molecular flexibility index (Phi) is 11.5. The molecule has 2 N–H and O–H groups in total. The number of hydrogen-bond acceptors (Lipinski definition) is 3. The van der Waals surface area contributed by atoms with Crippen LogP contribution in [0.2, 0.25) is 0 Å². The van der Waals surface area contributed by atoms with Crippen molar-refractivity contribution in [1.29, 1.82) is 0 Å². The molecule has 0 aliphatic heterocycles. The van der Waals surface area contributed by atoms with Crippen molar-refractivity contribution in [1.82, 2.24) is 10.6 Å². The summed E-state index contributed by atoms with van der Waals surface area (Å²) in [7, 11) is 3.96. The van der Waals surface area contributed by atoms with Crippen molar-refractivity contribution in [3.05, 3.63) is 30.3 Å². The highest BCUT2D eigenvalue weighted by Crippen LogP contribution is 2.11. The molecule has 1 aromatic carbocycles. The third-order valence-electron chi connectivity index (χ3n) is 3.84. The average molecular weight is 349 g/mol. The Morgan fingerprint density at radius 2 is 1.76 bits per heavy atom. The summed E-state index contributed by atoms with van der Waals surface area (Å²) in [5.74, 6) is 1.48. The largest absolute Gasteiger partial charge is 0.381 e. The number of anilines is 1. The van der Waals surface area contributed by atoms with Gasteiger partial charge in [0.05, 0.1) is 0 Å². The number of aliphatic imine (C=N–C) groups is 1. The first-order valence-electron chi connectivity index (χ1n) is 9.42. The van der Waals surface area contributed by atoms with E-state index in [1.807, 2.05) is 7.05 Å². The molecule has 0 aliphatic carbocycles. The number of guanidine groups is 1. The van der Waals surface area contributed by atoms with Crippen LogP contribution in [0.5, 0.6) is 0 Å². The third-order valence-corrected chi connectivity index (χ3v) is 3.84. The van der Waals surface area contributed by atoms with Gasteiger partial charge in [0.1, 0.15) is 0 Å². The summed E-state index contributed by atoms with van der Waals surface area (Å²) >= 11 is 0. The summed E-state index contributed by atoms with van der Waals surface area (Å²) in [4.78, 5) is 6.55. The Balaban J connectivity index is 2.03. The van der Waals surface area contributed by atoms with Crippen LogP contribution < -0.4 is 15.5 Å². The second-order valence-corrected chi connectivity index (χ2v) is 6.71. The van der Waals surface area contributed by atoms with Gasteiger partial charge in [0, 0.05) is 52.6 Å². The Labute approximate surface area is 153 Å². The maximum Gasteiger partial charge on any atom is 0.190 e. The van der Waals surface area contributed by atoms with E-state index in [0.29, 0.717) is 5.92 Å². The van der Waals surface area contributed by atoms with Crippen LogP contribution in [0.15, 0.2) is 35.3 Å². The third kappa shape index (κ3) is 10.7. The van der Waals surface area contributed by atoms with Crippen LogP contribution in [0.3, 0.4) is 0 Å². The van der Waals surface area contributed by atoms with Crippen LogP contribution in [0.4, 0.5) is 5.69 Å². The number of nitrogens with zero attached hydrogens (tertiary/aromatic N) is 2. The highest BCUT2D eigenvalue weighted by Gasteiger charge is 2.00. The van der Waals surface area contributed by atoms with Gasteiger partial charge in [0.25, 0.3) is 0 Å². The quantitative estimate of drug-likeness (QED) is 0.346. The molecule has 0 saturated heterocycles. The molecule has 1 rings (SSSR count). The van der Waals surface area contributed by atoms with Crippen molar-refractivity contribution in [2.75, 3.05) is 51.8 Å². The van der Waals surface area contributed by atoms with Crippen LogP contribution in [0, 0.1) is 5.92 Å². The lowest BCUT2D eigenvalue weighted by molar-refractivity contribution is 0.108. The number of rotatable bonds is 12. The monoisotopic (exact) mass is 348 g/mol. The van der Waals surface area contributed by atoms with Crippen LogP contribution in [-0.2, 0) is 4.74 Å². The minimum absolute atomic E-state index is 0.600. The van der Waals surface area contributed by atoms with E-state index in [4.69, 9.17) is 4.74 Å². The number of ether oxygens (including phenoxy) is 1. The van der Waals surface area contributed by atoms with Gasteiger partial charge >= 0.3 is 0 Å². The van der Waals surface area contributed by atoms with E-state index < -0.39 is 0 Å². The van der Waals surface area contributed by atoms with Gasteiger partial charge in [-0.3, -0.25) is 4.99 Å². The van der Waals surface area contributed by atoms with Gasteiger partial charge in [-0.25, -0.2) is 0 Å². The molecule has 0 radical (unpaired) electrons. The SMILES string of the molecule is CN=C(NCCCCN(C)c1ccccc1)NCCCOCC(C)C. The lowest BCUT2D eigenvalue weighted by Crippen LogP contribution is -2.38. The predicted molar refractivity (Wildman–Crippen MR) is 109 cm³/mol. The normalized spacial score (nSPS) is 11.6. The molecule has 25 heavy (non-hydrogen) atoms. The molecule has 0 heterocycles. The molecule has 0 bridgehead atoms. The van der Waals surface area contributed by atoms with E-state index in [9.17, 15) is 0 Å². The smallest absolute Gasteiger partial charge is 0.190 e. The van der Waals surface area contributed by atoms with Gasteiger partial charge < -0.3 is 20.3 Å². The average Bonchev–Trinajstić information content (AvgIpc) is 2.62. The second-order valence-electron chi connectivity index (χ2n) is 6.71. The fourth-order valence-electron chi connectivity index (χ4n) is 2.41. The molecular weight excluding hydrogens is 312 g/mol. The summed E-state index contributed by atoms with van der Waals surface area (Å²) in [5, 5.41) is 6.70. The summed E-state index contributed by atoms with van der Waals surface area (Å²) < 4.78 is 5.58. The van der Waals surface area contributed by atoms with Crippen molar-refractivity contribution in [2.45, 2.75) is 33.1 Å². The Hall–Kier alpha value is -1.75. The number of nitrogens with one attached hydrogen (secondary N) is 2. The Morgan fingerprint density at radius 1 is 1.08 bits per heavy atom. The molecule has 142 valence electrons. The molecule has 0 aliphatic rings. The zero-order valence-electron chi connectivity index (χ0n) is 16.4. The van der Waals surface area contributed by atoms with E-state index >= 15 is 0 Å². The van der Waals surface area contributed by atoms with Gasteiger partial charge in [-0.1, -0.05) is 32.0 Å². The first-order valence-corrected chi connectivity index (χ1v) is 9.42. The minimum atomic E-state index is 0.600. The molecule has 5 nitrogen and oxygen atoms in total. The van der Waals surface area contributed by atoms with Crippen LogP contribution in [0.25, 0.3) is 0 Å². The molecule has 0 aromatic heterocycles. The summed E-state index contributed by atoms with van der Waals surface area (Å²) in [6, 6.07) is 10.5. The number of unbranched alkanes of at least 4 members (excludes halogenated alkanes) is 1. The van der Waals surface area contributed by atoms with Gasteiger partial charge in [0.2, 0.25) is 0 Å². The van der Waals surface area contributed by atoms with Gasteiger partial charge in [0.15, 0.2) is 5.96 Å². The topological polar surface area (TPSA) is 48.9 Å². The lowest BCUT2D eigenvalue weighted by Gasteiger charge is -2.19. The summed E-state index contributed by atoms with van der Waals surface area (Å²) in [6.45, 7) is 8.85. The van der Waals surface area contributed by atoms with Crippen LogP contribution in [-0.4, -0.2) is 52.9 Å². The van der Waals surface area contributed by atoms with Gasteiger partial charge in [-0.05, 0) is 37.3 Å². The van der Waals surface area contributed by atoms with Gasteiger partial charge in [-0.15, -0.1) is 0 Å². The molecule has 5 heteroatoms. The molecule has 1 aromatic rings. The highest BCUT2D eigenvalue weighted by atomic mass is 16.5. The molecule has 0 spiro atoms. The van der Waals surface area contributed by atoms with E-state index in [0.717, 1.165) is 58.1 Å². The maximum absolute atomic E-state index is 5.58. The minimum Gasteiger partial charge on any atom is -0.381 e. The molecule has 0 saturated carbocycles. The van der Waals surface area contributed by atoms with Crippen molar-refractivity contribution >= 4 is 11.6 Å². The van der Waals surface area contributed by atoms with Crippen LogP contribution in [0.1, 0.15) is 33.1 Å². The molecule has 0 unspecified atom stereocenters. The zero-order chi connectivity index (χ0) is 18.3. The van der Waals surface area contributed by atoms with Gasteiger partial charge in [-0.2, -0.15) is 0 Å². The fraction of sp³-hybridized carbons (Fsp3) is 0.650. The van der Waals surface area contributed by atoms with Crippen molar-refractivity contribution in [3.63, 3.8) is 0 Å². The number of benzene rings is 1. The lowest BCUT2D eigenvalue weighted by atomic mass is 10.2. The summed E-state index contributed by atoms with van der Waals surface area (Å²) in [6.07, 6.45) is 3.27. The van der Waals surface area contributed by atoms with E-state index in [1.54, 1.807) is 0 Å². The zero-order valence-corrected chi connectivity index (χ0v) is 16.4. The first kappa shape index (κ1) is 21.3. The standard InChI is InChI=1S/C20H36N4O/c1-18(2)17-25-16-10-14-23-20(21-3)22-13-8-9-15-24(4)19-11-6-5-7-12-19/h5-7,11-12,18H,8-10,13-17H2,1-4H3,(H2,21,22,23). The highest BCUT2D eigenvalue weighted by molar-refractivity contribution is 5.79. The van der Waals surface area contributed by atoms with Crippen molar-refractivity contribution in [2.24, 2.45) is 10.9 Å². The molecule has 0 atom stereocenters. The Morgan fingerprint density at radius 3 is 2.40 bits per heavy atom. The van der Waals surface area contributed by atoms with E-state index in [1.165, 1.54) is 5.69 Å².